The highest BCUT2D eigenvalue weighted by molar-refractivity contribution is 8.00. The van der Waals surface area contributed by atoms with Crippen LogP contribution in [0.1, 0.15) is 6.92 Å². The normalized spacial score (nSPS) is 9.86. The fourth-order valence-corrected chi connectivity index (χ4v) is 1.97. The second kappa shape index (κ2) is 5.94. The molecule has 0 heterocycles. The van der Waals surface area contributed by atoms with Gasteiger partial charge in [-0.2, -0.15) is 0 Å². The van der Waals surface area contributed by atoms with Crippen LogP contribution in [0.15, 0.2) is 29.2 Å². The van der Waals surface area contributed by atoms with Gasteiger partial charge in [-0.1, -0.05) is 23.7 Å². The second-order valence-electron chi connectivity index (χ2n) is 2.58. The Bertz CT molecular complexity index is 317. The van der Waals surface area contributed by atoms with Gasteiger partial charge >= 0.3 is 0 Å². The minimum atomic E-state index is 0.289. The van der Waals surface area contributed by atoms with Crippen molar-refractivity contribution in [2.45, 2.75) is 11.8 Å². The fourth-order valence-electron chi connectivity index (χ4n) is 0.921. The van der Waals surface area contributed by atoms with E-state index in [9.17, 15) is 0 Å². The number of rotatable bonds is 4. The summed E-state index contributed by atoms with van der Waals surface area (Å²) in [6.45, 7) is 2.41. The number of thioether (sulfide) groups is 1. The highest BCUT2D eigenvalue weighted by atomic mass is 35.5. The van der Waals surface area contributed by atoms with Crippen LogP contribution in [-0.4, -0.2) is 18.3 Å². The van der Waals surface area contributed by atoms with Crippen LogP contribution in [0.2, 0.25) is 5.02 Å². The predicted octanol–water partition coefficient (Wildman–Crippen LogP) is 3.45. The molecule has 0 bridgehead atoms. The van der Waals surface area contributed by atoms with Crippen molar-refractivity contribution in [3.8, 4) is 0 Å². The lowest BCUT2D eigenvalue weighted by molar-refractivity contribution is 0.322. The van der Waals surface area contributed by atoms with Crippen LogP contribution in [-0.2, 0) is 4.74 Å². The summed E-state index contributed by atoms with van der Waals surface area (Å²) in [5.41, 5.74) is 0. The van der Waals surface area contributed by atoms with Gasteiger partial charge in [-0.25, -0.2) is 0 Å². The number of halogens is 1. The van der Waals surface area contributed by atoms with Crippen LogP contribution in [0, 0.1) is 5.41 Å². The van der Waals surface area contributed by atoms with Crippen molar-refractivity contribution >= 4 is 29.3 Å². The van der Waals surface area contributed by atoms with E-state index in [4.69, 9.17) is 21.7 Å². The van der Waals surface area contributed by atoms with E-state index >= 15 is 0 Å². The molecule has 0 aliphatic heterocycles. The molecule has 4 heteroatoms. The number of benzene rings is 1. The van der Waals surface area contributed by atoms with Crippen molar-refractivity contribution in [1.29, 1.82) is 5.41 Å². The minimum absolute atomic E-state index is 0.289. The standard InChI is InChI=1S/C10H12ClNOS/c1-2-13-10(12)7-14-9-6-4-3-5-8(9)11/h3-6,12H,2,7H2,1H3. The van der Waals surface area contributed by atoms with Crippen molar-refractivity contribution in [1.82, 2.24) is 0 Å². The summed E-state index contributed by atoms with van der Waals surface area (Å²) >= 11 is 7.47. The zero-order valence-electron chi connectivity index (χ0n) is 7.92. The number of ether oxygens (including phenoxy) is 1. The topological polar surface area (TPSA) is 33.1 Å². The molecule has 0 atom stereocenters. The van der Waals surface area contributed by atoms with Crippen LogP contribution in [0.3, 0.4) is 0 Å². The van der Waals surface area contributed by atoms with Crippen LogP contribution >= 0.6 is 23.4 Å². The van der Waals surface area contributed by atoms with Crippen molar-refractivity contribution in [3.63, 3.8) is 0 Å². The van der Waals surface area contributed by atoms with Crippen molar-refractivity contribution < 1.29 is 4.74 Å². The maximum atomic E-state index is 7.42. The predicted molar refractivity (Wildman–Crippen MR) is 61.5 cm³/mol. The second-order valence-corrected chi connectivity index (χ2v) is 4.00. The molecule has 0 unspecified atom stereocenters. The van der Waals surface area contributed by atoms with Crippen molar-refractivity contribution in [2.24, 2.45) is 0 Å². The Morgan fingerprint density at radius 2 is 2.21 bits per heavy atom. The molecule has 1 N–H and O–H groups in total. The Morgan fingerprint density at radius 1 is 1.50 bits per heavy atom. The van der Waals surface area contributed by atoms with Gasteiger partial charge in [0.05, 0.1) is 17.4 Å². The molecule has 0 fully saturated rings. The molecule has 1 rings (SSSR count). The Morgan fingerprint density at radius 3 is 2.86 bits per heavy atom. The maximum absolute atomic E-state index is 7.42. The van der Waals surface area contributed by atoms with E-state index in [1.165, 1.54) is 11.8 Å². The quantitative estimate of drug-likeness (QED) is 0.487. The summed E-state index contributed by atoms with van der Waals surface area (Å²) in [5, 5.41) is 8.15. The van der Waals surface area contributed by atoms with E-state index in [2.05, 4.69) is 0 Å². The number of hydrogen-bond acceptors (Lipinski definition) is 3. The van der Waals surface area contributed by atoms with Gasteiger partial charge in [0.15, 0.2) is 5.90 Å². The third-order valence-corrected chi connectivity index (χ3v) is 3.03. The number of nitrogens with one attached hydrogen (secondary N) is 1. The Kier molecular flexibility index (Phi) is 4.84. The summed E-state index contributed by atoms with van der Waals surface area (Å²) < 4.78 is 5.02. The van der Waals surface area contributed by atoms with Gasteiger partial charge in [-0.15, -0.1) is 11.8 Å². The van der Waals surface area contributed by atoms with E-state index in [0.29, 0.717) is 12.4 Å². The van der Waals surface area contributed by atoms with E-state index in [1.54, 1.807) is 0 Å². The summed E-state index contributed by atoms with van der Waals surface area (Å²) in [6, 6.07) is 7.60. The summed E-state index contributed by atoms with van der Waals surface area (Å²) in [6.07, 6.45) is 0. The molecule has 2 nitrogen and oxygen atoms in total. The zero-order valence-corrected chi connectivity index (χ0v) is 9.49. The number of hydrogen-bond donors (Lipinski definition) is 1. The molecular weight excluding hydrogens is 218 g/mol. The van der Waals surface area contributed by atoms with Crippen LogP contribution < -0.4 is 0 Å². The summed E-state index contributed by atoms with van der Waals surface area (Å²) in [7, 11) is 0. The molecular formula is C10H12ClNOS. The average Bonchev–Trinajstić information content (AvgIpc) is 2.17. The largest absolute Gasteiger partial charge is 0.481 e. The van der Waals surface area contributed by atoms with Gasteiger partial charge in [-0.05, 0) is 19.1 Å². The van der Waals surface area contributed by atoms with Crippen LogP contribution in [0.4, 0.5) is 0 Å². The molecule has 0 spiro atoms. The van der Waals surface area contributed by atoms with Gasteiger partial charge in [0.2, 0.25) is 0 Å². The van der Waals surface area contributed by atoms with Crippen molar-refractivity contribution in [3.05, 3.63) is 29.3 Å². The van der Waals surface area contributed by atoms with E-state index in [1.807, 2.05) is 31.2 Å². The molecule has 1 aromatic rings. The first-order valence-electron chi connectivity index (χ1n) is 4.31. The Labute approximate surface area is 93.1 Å². The molecule has 0 aliphatic rings. The lowest BCUT2D eigenvalue weighted by atomic mass is 10.4. The van der Waals surface area contributed by atoms with E-state index in [-0.39, 0.29) is 5.90 Å². The van der Waals surface area contributed by atoms with Crippen LogP contribution in [0.5, 0.6) is 0 Å². The molecule has 0 saturated heterocycles. The lowest BCUT2D eigenvalue weighted by Gasteiger charge is -2.05. The zero-order chi connectivity index (χ0) is 10.4. The maximum Gasteiger partial charge on any atom is 0.190 e. The smallest absolute Gasteiger partial charge is 0.190 e. The third-order valence-electron chi connectivity index (χ3n) is 1.51. The molecule has 76 valence electrons. The molecule has 14 heavy (non-hydrogen) atoms. The molecule has 1 aromatic carbocycles. The molecule has 0 aliphatic carbocycles. The van der Waals surface area contributed by atoms with Gasteiger partial charge in [0.25, 0.3) is 0 Å². The molecule has 0 aromatic heterocycles. The van der Waals surface area contributed by atoms with Gasteiger partial charge in [0, 0.05) is 4.90 Å². The molecule has 0 amide bonds. The molecule has 0 saturated carbocycles. The fraction of sp³-hybridized carbons (Fsp3) is 0.300. The van der Waals surface area contributed by atoms with Crippen LogP contribution in [0.25, 0.3) is 0 Å². The lowest BCUT2D eigenvalue weighted by Crippen LogP contribution is -2.05. The minimum Gasteiger partial charge on any atom is -0.481 e. The highest BCUT2D eigenvalue weighted by Crippen LogP contribution is 2.26. The Balaban J connectivity index is 2.46. The summed E-state index contributed by atoms with van der Waals surface area (Å²) in [5.74, 6) is 0.815. The van der Waals surface area contributed by atoms with Gasteiger partial charge in [-0.3, -0.25) is 5.41 Å². The Hall–Kier alpha value is -0.670. The molecule has 0 radical (unpaired) electrons. The summed E-state index contributed by atoms with van der Waals surface area (Å²) in [4.78, 5) is 0.985. The van der Waals surface area contributed by atoms with E-state index in [0.717, 1.165) is 9.92 Å². The highest BCUT2D eigenvalue weighted by Gasteiger charge is 2.02. The monoisotopic (exact) mass is 229 g/mol. The SMILES string of the molecule is CCOC(=N)CSc1ccccc1Cl. The average molecular weight is 230 g/mol. The van der Waals surface area contributed by atoms with Gasteiger partial charge in [0.1, 0.15) is 0 Å². The van der Waals surface area contributed by atoms with Crippen molar-refractivity contribution in [2.75, 3.05) is 12.4 Å². The third kappa shape index (κ3) is 3.60. The first-order valence-corrected chi connectivity index (χ1v) is 5.68. The van der Waals surface area contributed by atoms with E-state index < -0.39 is 0 Å². The first kappa shape index (κ1) is 11.4. The first-order chi connectivity index (χ1) is 6.74. The van der Waals surface area contributed by atoms with Gasteiger partial charge < -0.3 is 4.74 Å².